The van der Waals surface area contributed by atoms with Crippen LogP contribution in [-0.2, 0) is 9.59 Å². The standard InChI is InChI=1S/C26H43NO6.ClH.K/c1-14(4-7-22(31)27-13-23(32)33)17-5-6-18-24-19(12-21(30)26(17,18)3)25(2)9-8-16(28)10-15(25)11-20(24)29;;/h14-21,24,28-30H,4-13H2,1-3H3,(H,27,31)(H,32,33);1H;/q;;+1/p-1/t14?,15?,16-,17-,18?,19?,20-,21+,24?,25+,26-;;/m1../s1. The first-order valence-corrected chi connectivity index (χ1v) is 13.0. The largest absolute Gasteiger partial charge is 1.00 e. The Kier molecular flexibility index (Phi) is 11.2. The van der Waals surface area contributed by atoms with E-state index in [0.717, 1.165) is 38.5 Å². The van der Waals surface area contributed by atoms with E-state index in [1.54, 1.807) is 0 Å². The Bertz CT molecular complexity index is 772. The Balaban J connectivity index is 0.00000216. The van der Waals surface area contributed by atoms with Crippen LogP contribution in [0.25, 0.3) is 0 Å². The maximum absolute atomic E-state index is 12.0. The number of hydrogen-bond donors (Lipinski definition) is 5. The van der Waals surface area contributed by atoms with E-state index in [1.807, 2.05) is 0 Å². The van der Waals surface area contributed by atoms with Crippen molar-refractivity contribution in [1.29, 1.82) is 0 Å². The molecule has 35 heavy (non-hydrogen) atoms. The normalized spacial score (nSPS) is 45.0. The Morgan fingerprint density at radius 1 is 1.03 bits per heavy atom. The van der Waals surface area contributed by atoms with Crippen LogP contribution in [0, 0.1) is 46.3 Å². The topological polar surface area (TPSA) is 127 Å². The summed E-state index contributed by atoms with van der Waals surface area (Å²) in [5.41, 5.74) is -0.214. The molecule has 7 nitrogen and oxygen atoms in total. The average molecular weight is 540 g/mol. The molecular formula is C26H43ClKNO6. The minimum atomic E-state index is -1.04. The van der Waals surface area contributed by atoms with Crippen molar-refractivity contribution < 1.29 is 93.8 Å². The fraction of sp³-hybridized carbons (Fsp3) is 0.923. The first-order chi connectivity index (χ1) is 15.5. The molecule has 0 aliphatic heterocycles. The molecule has 0 aromatic rings. The summed E-state index contributed by atoms with van der Waals surface area (Å²) in [6.45, 7) is 6.35. The number of aliphatic hydroxyl groups is 3. The monoisotopic (exact) mass is 539 g/mol. The van der Waals surface area contributed by atoms with Crippen molar-refractivity contribution in [2.75, 3.05) is 6.54 Å². The van der Waals surface area contributed by atoms with Gasteiger partial charge in [-0.2, -0.15) is 0 Å². The Morgan fingerprint density at radius 2 is 1.71 bits per heavy atom. The van der Waals surface area contributed by atoms with Gasteiger partial charge in [-0.05, 0) is 97.7 Å². The van der Waals surface area contributed by atoms with Gasteiger partial charge in [-0.15, -0.1) is 0 Å². The Labute approximate surface area is 258 Å². The van der Waals surface area contributed by atoms with Gasteiger partial charge in [-0.3, -0.25) is 9.59 Å². The van der Waals surface area contributed by atoms with Crippen molar-refractivity contribution in [1.82, 2.24) is 5.32 Å². The van der Waals surface area contributed by atoms with Gasteiger partial charge in [0.15, 0.2) is 0 Å². The molecule has 0 bridgehead atoms. The van der Waals surface area contributed by atoms with Crippen molar-refractivity contribution >= 4 is 11.9 Å². The van der Waals surface area contributed by atoms with E-state index in [9.17, 15) is 24.9 Å². The van der Waals surface area contributed by atoms with Gasteiger partial charge in [0, 0.05) is 6.42 Å². The van der Waals surface area contributed by atoms with Crippen LogP contribution in [0.2, 0.25) is 0 Å². The summed E-state index contributed by atoms with van der Waals surface area (Å²) in [5, 5.41) is 44.4. The second-order valence-corrected chi connectivity index (χ2v) is 12.2. The molecule has 0 aromatic carbocycles. The summed E-state index contributed by atoms with van der Waals surface area (Å²) in [7, 11) is 0. The molecule has 196 valence electrons. The number of carbonyl (C=O) groups excluding carboxylic acids is 1. The van der Waals surface area contributed by atoms with Crippen molar-refractivity contribution in [3.05, 3.63) is 0 Å². The maximum atomic E-state index is 12.0. The van der Waals surface area contributed by atoms with E-state index >= 15 is 0 Å². The first-order valence-electron chi connectivity index (χ1n) is 13.0. The number of halogens is 1. The summed E-state index contributed by atoms with van der Waals surface area (Å²) in [5.74, 6) is 0.265. The molecular weight excluding hydrogens is 497 g/mol. The van der Waals surface area contributed by atoms with Crippen LogP contribution in [0.1, 0.15) is 78.6 Å². The van der Waals surface area contributed by atoms with Gasteiger partial charge in [-0.25, -0.2) is 0 Å². The predicted molar refractivity (Wildman–Crippen MR) is 123 cm³/mol. The molecule has 4 aliphatic carbocycles. The van der Waals surface area contributed by atoms with Crippen LogP contribution in [0.5, 0.6) is 0 Å². The van der Waals surface area contributed by atoms with Crippen LogP contribution >= 0.6 is 0 Å². The number of rotatable bonds is 6. The molecule has 5 N–H and O–H groups in total. The minimum absolute atomic E-state index is 0. The number of aliphatic hydroxyl groups excluding tert-OH is 3. The molecule has 9 heteroatoms. The van der Waals surface area contributed by atoms with Crippen molar-refractivity contribution in [3.63, 3.8) is 0 Å². The molecule has 4 aliphatic rings. The molecule has 0 heterocycles. The third kappa shape index (κ3) is 5.86. The summed E-state index contributed by atoms with van der Waals surface area (Å²) in [6, 6.07) is 0. The molecule has 0 spiro atoms. The van der Waals surface area contributed by atoms with Gasteiger partial charge in [-0.1, -0.05) is 20.8 Å². The number of aliphatic carboxylic acids is 1. The molecule has 1 amide bonds. The van der Waals surface area contributed by atoms with Crippen LogP contribution in [0.4, 0.5) is 0 Å². The zero-order valence-electron chi connectivity index (χ0n) is 21.8. The second-order valence-electron chi connectivity index (χ2n) is 12.2. The fourth-order valence-electron chi connectivity index (χ4n) is 8.95. The summed E-state index contributed by atoms with van der Waals surface area (Å²) in [4.78, 5) is 22.7. The molecule has 0 aromatic heterocycles. The Morgan fingerprint density at radius 3 is 2.37 bits per heavy atom. The van der Waals surface area contributed by atoms with Crippen molar-refractivity contribution in [2.45, 2.75) is 96.9 Å². The summed E-state index contributed by atoms with van der Waals surface area (Å²) in [6.07, 6.45) is 5.86. The summed E-state index contributed by atoms with van der Waals surface area (Å²) < 4.78 is 0. The van der Waals surface area contributed by atoms with Crippen LogP contribution < -0.4 is 69.1 Å². The molecule has 11 atom stereocenters. The van der Waals surface area contributed by atoms with E-state index in [0.29, 0.717) is 25.2 Å². The smallest absolute Gasteiger partial charge is 1.00 e. The quantitative estimate of drug-likeness (QED) is 0.224. The third-order valence-corrected chi connectivity index (χ3v) is 10.8. The number of carboxylic acids is 1. The predicted octanol–water partition coefficient (Wildman–Crippen LogP) is -3.43. The average Bonchev–Trinajstić information content (AvgIpc) is 3.11. The first kappa shape index (κ1) is 32.0. The van der Waals surface area contributed by atoms with Crippen LogP contribution in [0.15, 0.2) is 0 Å². The van der Waals surface area contributed by atoms with Crippen LogP contribution in [0.3, 0.4) is 0 Å². The number of nitrogens with one attached hydrogen (secondary N) is 1. The van der Waals surface area contributed by atoms with Gasteiger partial charge in [0.2, 0.25) is 5.91 Å². The molecule has 4 fully saturated rings. The zero-order valence-corrected chi connectivity index (χ0v) is 25.6. The minimum Gasteiger partial charge on any atom is -1.00 e. The van der Waals surface area contributed by atoms with Gasteiger partial charge in [0.05, 0.1) is 18.3 Å². The van der Waals surface area contributed by atoms with Crippen LogP contribution in [-0.4, -0.2) is 57.2 Å². The van der Waals surface area contributed by atoms with Gasteiger partial charge >= 0.3 is 57.4 Å². The van der Waals surface area contributed by atoms with Crippen molar-refractivity contribution in [3.8, 4) is 0 Å². The zero-order chi connectivity index (χ0) is 24.1. The number of amides is 1. The van der Waals surface area contributed by atoms with Gasteiger partial charge in [0.1, 0.15) is 6.54 Å². The molecule has 4 rings (SSSR count). The van der Waals surface area contributed by atoms with Gasteiger partial charge in [0.25, 0.3) is 0 Å². The van der Waals surface area contributed by atoms with E-state index < -0.39 is 12.1 Å². The number of hydrogen-bond acceptors (Lipinski definition) is 5. The van der Waals surface area contributed by atoms with E-state index in [4.69, 9.17) is 5.11 Å². The van der Waals surface area contributed by atoms with E-state index in [-0.39, 0.29) is 129 Å². The molecule has 5 unspecified atom stereocenters. The number of carboxylic acid groups (broad SMARTS) is 1. The Hall–Kier alpha value is 0.746. The maximum Gasteiger partial charge on any atom is 1.00 e. The summed E-state index contributed by atoms with van der Waals surface area (Å²) >= 11 is 0. The molecule has 0 radical (unpaired) electrons. The SMILES string of the molecule is CC(CCC(=O)NCC(=O)O)[C@H]1CCC2C3C(C[C@H](O)[C@@]21C)[C@@]1(C)CC[C@@H](O)CC1C[C@H]3O.[Cl-].[K+]. The third-order valence-electron chi connectivity index (χ3n) is 10.8. The number of fused-ring (bicyclic) bond motifs is 5. The number of carbonyl (C=O) groups is 2. The molecule has 4 saturated carbocycles. The molecule has 0 saturated heterocycles. The van der Waals surface area contributed by atoms with Gasteiger partial charge < -0.3 is 38.1 Å². The van der Waals surface area contributed by atoms with E-state index in [1.165, 1.54) is 0 Å². The van der Waals surface area contributed by atoms with Crippen molar-refractivity contribution in [2.24, 2.45) is 46.3 Å². The second kappa shape index (κ2) is 12.3. The van der Waals surface area contributed by atoms with E-state index in [2.05, 4.69) is 26.1 Å². The fourth-order valence-corrected chi connectivity index (χ4v) is 8.95.